The number of rotatable bonds is 4. The Kier molecular flexibility index (Phi) is 4.99. The third kappa shape index (κ3) is 4.11. The first kappa shape index (κ1) is 18.1. The molecular formula is C18H26N4O2S. The smallest absolute Gasteiger partial charge is 0.243 e. The molecule has 1 aromatic carbocycles. The highest BCUT2D eigenvalue weighted by Gasteiger charge is 2.28. The quantitative estimate of drug-likeness (QED) is 0.905. The van der Waals surface area contributed by atoms with Gasteiger partial charge in [-0.1, -0.05) is 39.0 Å². The van der Waals surface area contributed by atoms with Crippen LogP contribution in [0.1, 0.15) is 32.2 Å². The third-order valence-electron chi connectivity index (χ3n) is 4.51. The standard InChI is InChI=1S/C18H26N4O2S/c1-18(2,3)17-13-15(19-20-17)14-21-9-11-22(12-10-21)25(23,24)16-7-5-4-6-8-16/h4-8,13H,9-12,14H2,1-3H3,(H,19,20). The lowest BCUT2D eigenvalue weighted by atomic mass is 9.92. The maximum Gasteiger partial charge on any atom is 0.243 e. The van der Waals surface area contributed by atoms with E-state index in [2.05, 4.69) is 41.9 Å². The fourth-order valence-corrected chi connectivity index (χ4v) is 4.38. The molecule has 0 saturated carbocycles. The Morgan fingerprint density at radius 1 is 1.08 bits per heavy atom. The molecular weight excluding hydrogens is 336 g/mol. The molecule has 1 aromatic heterocycles. The number of H-pyrrole nitrogens is 1. The van der Waals surface area contributed by atoms with Gasteiger partial charge in [-0.3, -0.25) is 10.00 Å². The Morgan fingerprint density at radius 2 is 1.72 bits per heavy atom. The molecule has 0 unspecified atom stereocenters. The average molecular weight is 362 g/mol. The lowest BCUT2D eigenvalue weighted by Crippen LogP contribution is -2.48. The van der Waals surface area contributed by atoms with E-state index in [1.54, 1.807) is 28.6 Å². The van der Waals surface area contributed by atoms with Crippen molar-refractivity contribution in [2.24, 2.45) is 0 Å². The highest BCUT2D eigenvalue weighted by molar-refractivity contribution is 7.89. The van der Waals surface area contributed by atoms with Gasteiger partial charge in [0.2, 0.25) is 10.0 Å². The molecule has 0 aliphatic carbocycles. The van der Waals surface area contributed by atoms with E-state index in [4.69, 9.17) is 0 Å². The molecule has 1 saturated heterocycles. The number of hydrogen-bond donors (Lipinski definition) is 1. The number of benzene rings is 1. The van der Waals surface area contributed by atoms with Gasteiger partial charge >= 0.3 is 0 Å². The minimum Gasteiger partial charge on any atom is -0.295 e. The van der Waals surface area contributed by atoms with Crippen LogP contribution in [0.5, 0.6) is 0 Å². The van der Waals surface area contributed by atoms with Crippen LogP contribution in [0.25, 0.3) is 0 Å². The van der Waals surface area contributed by atoms with E-state index < -0.39 is 10.0 Å². The Labute approximate surface area is 149 Å². The Balaban J connectivity index is 1.60. The van der Waals surface area contributed by atoms with Gasteiger partial charge in [0.15, 0.2) is 0 Å². The molecule has 1 N–H and O–H groups in total. The second-order valence-electron chi connectivity index (χ2n) is 7.52. The van der Waals surface area contributed by atoms with Gasteiger partial charge in [-0.2, -0.15) is 9.40 Å². The molecule has 25 heavy (non-hydrogen) atoms. The number of aromatic amines is 1. The minimum atomic E-state index is -3.39. The van der Waals surface area contributed by atoms with Crippen molar-refractivity contribution in [2.45, 2.75) is 37.6 Å². The zero-order valence-corrected chi connectivity index (χ0v) is 15.9. The number of hydrogen-bond acceptors (Lipinski definition) is 4. The summed E-state index contributed by atoms with van der Waals surface area (Å²) in [7, 11) is -3.39. The second kappa shape index (κ2) is 6.90. The van der Waals surface area contributed by atoms with Crippen molar-refractivity contribution in [2.75, 3.05) is 26.2 Å². The molecule has 0 spiro atoms. The van der Waals surface area contributed by atoms with Gasteiger partial charge in [-0.25, -0.2) is 8.42 Å². The molecule has 0 bridgehead atoms. The minimum absolute atomic E-state index is 0.0250. The van der Waals surface area contributed by atoms with Crippen LogP contribution in [0.3, 0.4) is 0 Å². The lowest BCUT2D eigenvalue weighted by molar-refractivity contribution is 0.180. The van der Waals surface area contributed by atoms with Crippen molar-refractivity contribution >= 4 is 10.0 Å². The predicted molar refractivity (Wildman–Crippen MR) is 97.8 cm³/mol. The first-order chi connectivity index (χ1) is 11.8. The van der Waals surface area contributed by atoms with Crippen molar-refractivity contribution < 1.29 is 8.42 Å². The largest absolute Gasteiger partial charge is 0.295 e. The molecule has 2 aromatic rings. The number of piperazine rings is 1. The molecule has 2 heterocycles. The van der Waals surface area contributed by atoms with E-state index >= 15 is 0 Å². The molecule has 1 aliphatic rings. The van der Waals surface area contributed by atoms with Crippen LogP contribution in [0.4, 0.5) is 0 Å². The summed E-state index contributed by atoms with van der Waals surface area (Å²) in [5, 5.41) is 7.49. The Morgan fingerprint density at radius 3 is 2.28 bits per heavy atom. The second-order valence-corrected chi connectivity index (χ2v) is 9.46. The molecule has 0 radical (unpaired) electrons. The molecule has 7 heteroatoms. The van der Waals surface area contributed by atoms with E-state index in [-0.39, 0.29) is 5.41 Å². The summed E-state index contributed by atoms with van der Waals surface area (Å²) in [6.45, 7) is 9.64. The van der Waals surface area contributed by atoms with E-state index in [9.17, 15) is 8.42 Å². The fraction of sp³-hybridized carbons (Fsp3) is 0.500. The van der Waals surface area contributed by atoms with Gasteiger partial charge in [-0.05, 0) is 18.2 Å². The lowest BCUT2D eigenvalue weighted by Gasteiger charge is -2.33. The highest BCUT2D eigenvalue weighted by Crippen LogP contribution is 2.22. The van der Waals surface area contributed by atoms with Crippen LogP contribution in [0, 0.1) is 0 Å². The first-order valence-corrected chi connectivity index (χ1v) is 10.0. The van der Waals surface area contributed by atoms with Crippen LogP contribution < -0.4 is 0 Å². The maximum atomic E-state index is 12.7. The number of nitrogens with one attached hydrogen (secondary N) is 1. The molecule has 1 fully saturated rings. The summed E-state index contributed by atoms with van der Waals surface area (Å²) in [6, 6.07) is 10.8. The van der Waals surface area contributed by atoms with Gasteiger partial charge in [0, 0.05) is 43.8 Å². The van der Waals surface area contributed by atoms with Gasteiger partial charge in [-0.15, -0.1) is 0 Å². The topological polar surface area (TPSA) is 69.3 Å². The molecule has 3 rings (SSSR count). The van der Waals surface area contributed by atoms with E-state index in [0.717, 1.165) is 31.0 Å². The Hall–Kier alpha value is -1.70. The molecule has 0 atom stereocenters. The van der Waals surface area contributed by atoms with Crippen LogP contribution in [-0.2, 0) is 22.0 Å². The average Bonchev–Trinajstić information content (AvgIpc) is 3.05. The van der Waals surface area contributed by atoms with Gasteiger partial charge in [0.05, 0.1) is 10.6 Å². The summed E-state index contributed by atoms with van der Waals surface area (Å²) >= 11 is 0. The molecule has 6 nitrogen and oxygen atoms in total. The van der Waals surface area contributed by atoms with E-state index in [1.165, 1.54) is 0 Å². The number of aromatic nitrogens is 2. The van der Waals surface area contributed by atoms with Crippen LogP contribution >= 0.6 is 0 Å². The maximum absolute atomic E-state index is 12.7. The normalized spacial score (nSPS) is 17.7. The van der Waals surface area contributed by atoms with Gasteiger partial charge in [0.1, 0.15) is 0 Å². The summed E-state index contributed by atoms with van der Waals surface area (Å²) in [5.41, 5.74) is 2.15. The van der Waals surface area contributed by atoms with Gasteiger partial charge in [0.25, 0.3) is 0 Å². The predicted octanol–water partition coefficient (Wildman–Crippen LogP) is 2.21. The SMILES string of the molecule is CC(C)(C)c1cc(CN2CCN(S(=O)(=O)c3ccccc3)CC2)[nH]n1. The van der Waals surface area contributed by atoms with Crippen LogP contribution in [0.2, 0.25) is 0 Å². The zero-order valence-electron chi connectivity index (χ0n) is 15.1. The summed E-state index contributed by atoms with van der Waals surface area (Å²) in [4.78, 5) is 2.63. The van der Waals surface area contributed by atoms with Crippen molar-refractivity contribution in [3.63, 3.8) is 0 Å². The highest BCUT2D eigenvalue weighted by atomic mass is 32.2. The van der Waals surface area contributed by atoms with Crippen LogP contribution in [0.15, 0.2) is 41.3 Å². The monoisotopic (exact) mass is 362 g/mol. The van der Waals surface area contributed by atoms with Gasteiger partial charge < -0.3 is 0 Å². The number of nitrogens with zero attached hydrogens (tertiary/aromatic N) is 3. The van der Waals surface area contributed by atoms with Crippen molar-refractivity contribution in [1.82, 2.24) is 19.4 Å². The van der Waals surface area contributed by atoms with Crippen LogP contribution in [-0.4, -0.2) is 54.0 Å². The molecule has 0 amide bonds. The van der Waals surface area contributed by atoms with Crippen molar-refractivity contribution in [3.05, 3.63) is 47.8 Å². The fourth-order valence-electron chi connectivity index (χ4n) is 2.94. The number of sulfonamides is 1. The summed E-state index contributed by atoms with van der Waals surface area (Å²) < 4.78 is 26.9. The third-order valence-corrected chi connectivity index (χ3v) is 6.42. The van der Waals surface area contributed by atoms with Crippen molar-refractivity contribution in [3.8, 4) is 0 Å². The van der Waals surface area contributed by atoms with Crippen molar-refractivity contribution in [1.29, 1.82) is 0 Å². The Bertz CT molecular complexity index is 801. The summed E-state index contributed by atoms with van der Waals surface area (Å²) in [6.07, 6.45) is 0. The molecule has 136 valence electrons. The zero-order chi connectivity index (χ0) is 18.1. The summed E-state index contributed by atoms with van der Waals surface area (Å²) in [5.74, 6) is 0. The van der Waals surface area contributed by atoms with E-state index in [0.29, 0.717) is 18.0 Å². The first-order valence-electron chi connectivity index (χ1n) is 8.59. The van der Waals surface area contributed by atoms with E-state index in [1.807, 2.05) is 6.07 Å². The molecule has 1 aliphatic heterocycles.